The molecule has 0 radical (unpaired) electrons. The van der Waals surface area contributed by atoms with Gasteiger partial charge < -0.3 is 4.90 Å². The number of para-hydroxylation sites is 1. The zero-order valence-corrected chi connectivity index (χ0v) is 33.8. The third-order valence-electron chi connectivity index (χ3n) is 11.5. The Hall–Kier alpha value is -6.74. The van der Waals surface area contributed by atoms with Gasteiger partial charge in [-0.15, -0.1) is 11.3 Å². The van der Waals surface area contributed by atoms with E-state index in [2.05, 4.69) is 232 Å². The molecule has 0 saturated carbocycles. The smallest absolute Gasteiger partial charge is 0.0543 e. The van der Waals surface area contributed by atoms with Crippen LogP contribution in [-0.4, -0.2) is 0 Å². The van der Waals surface area contributed by atoms with E-state index in [4.69, 9.17) is 0 Å². The third-order valence-corrected chi connectivity index (χ3v) is 12.7. The lowest BCUT2D eigenvalue weighted by atomic mass is 9.85. The van der Waals surface area contributed by atoms with Gasteiger partial charge in [0, 0.05) is 37.0 Å². The van der Waals surface area contributed by atoms with Gasteiger partial charge in [-0.3, -0.25) is 0 Å². The molecule has 10 aromatic rings. The summed E-state index contributed by atoms with van der Waals surface area (Å²) in [5.74, 6) is 0. The summed E-state index contributed by atoms with van der Waals surface area (Å²) in [6.07, 6.45) is 0. The van der Waals surface area contributed by atoms with Crippen LogP contribution in [0.5, 0.6) is 0 Å². The van der Waals surface area contributed by atoms with Crippen LogP contribution in [0.3, 0.4) is 0 Å². The number of nitrogens with zero attached hydrogens (tertiary/aromatic N) is 1. The minimum atomic E-state index is -0.0534. The summed E-state index contributed by atoms with van der Waals surface area (Å²) in [6, 6.07) is 75.8. The zero-order chi connectivity index (χ0) is 39.2. The number of thiophene rings is 1. The molecule has 0 bridgehead atoms. The normalized spacial score (nSPS) is 11.7. The quantitative estimate of drug-likeness (QED) is 0.156. The van der Waals surface area contributed by atoms with Gasteiger partial charge in [-0.2, -0.15) is 0 Å². The van der Waals surface area contributed by atoms with Crippen molar-refractivity contribution in [3.63, 3.8) is 0 Å². The molecular formula is C56H43NS. The molecule has 2 heteroatoms. The lowest BCUT2D eigenvalue weighted by Crippen LogP contribution is -2.16. The van der Waals surface area contributed by atoms with Crippen LogP contribution >= 0.6 is 11.3 Å². The molecule has 0 atom stereocenters. The molecule has 0 saturated heterocycles. The Bertz CT molecular complexity index is 3070. The van der Waals surface area contributed by atoms with E-state index < -0.39 is 0 Å². The van der Waals surface area contributed by atoms with E-state index in [1.807, 2.05) is 11.3 Å². The molecule has 0 aliphatic rings. The van der Waals surface area contributed by atoms with Gasteiger partial charge >= 0.3 is 0 Å². The molecule has 0 spiro atoms. The fraction of sp³-hybridized carbons (Fsp3) is 0.0714. The third kappa shape index (κ3) is 6.36. The van der Waals surface area contributed by atoms with Crippen LogP contribution in [0.15, 0.2) is 206 Å². The van der Waals surface area contributed by atoms with Crippen LogP contribution in [0.25, 0.3) is 75.5 Å². The van der Waals surface area contributed by atoms with Gasteiger partial charge in [-0.05, 0) is 85.5 Å². The van der Waals surface area contributed by atoms with Gasteiger partial charge in [0.1, 0.15) is 0 Å². The van der Waals surface area contributed by atoms with E-state index in [1.54, 1.807) is 0 Å². The van der Waals surface area contributed by atoms with Crippen molar-refractivity contribution in [1.29, 1.82) is 0 Å². The first-order chi connectivity index (χ1) is 28.4. The lowest BCUT2D eigenvalue weighted by Gasteiger charge is -2.32. The van der Waals surface area contributed by atoms with Crippen molar-refractivity contribution >= 4 is 59.3 Å². The molecule has 10 rings (SSSR count). The van der Waals surface area contributed by atoms with Crippen LogP contribution < -0.4 is 4.90 Å². The number of fused-ring (bicyclic) bond motifs is 4. The Kier molecular flexibility index (Phi) is 9.00. The molecule has 1 nitrogen and oxygen atoms in total. The molecule has 0 fully saturated rings. The lowest BCUT2D eigenvalue weighted by molar-refractivity contribution is 0.590. The molecule has 9 aromatic carbocycles. The summed E-state index contributed by atoms with van der Waals surface area (Å²) in [7, 11) is 0. The Labute approximate surface area is 345 Å². The van der Waals surface area contributed by atoms with Crippen molar-refractivity contribution in [2.24, 2.45) is 0 Å². The molecule has 0 amide bonds. The van der Waals surface area contributed by atoms with Gasteiger partial charge in [-0.1, -0.05) is 197 Å². The Morgan fingerprint density at radius 3 is 1.71 bits per heavy atom. The van der Waals surface area contributed by atoms with E-state index in [1.165, 1.54) is 81.0 Å². The fourth-order valence-corrected chi connectivity index (χ4v) is 9.78. The standard InChI is InChI=1S/C56H43NS/c1-56(2,3)42-33-36-44(38-17-6-4-7-18-38)52(37-42)57(43-34-31-40(32-35-43)46-26-16-28-50-48-24-11-13-30-53(48)58-55(46)50)51-29-12-10-23-47(51)49-27-15-22-41-21-14-25-45(54(41)49)39-19-8-5-9-20-39/h4-37H,1-3H3. The second-order valence-corrected chi connectivity index (χ2v) is 17.2. The molecule has 278 valence electrons. The first kappa shape index (κ1) is 35.7. The Morgan fingerprint density at radius 2 is 0.966 bits per heavy atom. The number of benzene rings is 9. The van der Waals surface area contributed by atoms with Crippen LogP contribution in [0, 0.1) is 0 Å². The summed E-state index contributed by atoms with van der Waals surface area (Å²) < 4.78 is 2.65. The minimum Gasteiger partial charge on any atom is -0.309 e. The van der Waals surface area contributed by atoms with Crippen molar-refractivity contribution in [2.75, 3.05) is 4.90 Å². The van der Waals surface area contributed by atoms with E-state index in [0.29, 0.717) is 0 Å². The minimum absolute atomic E-state index is 0.0534. The highest BCUT2D eigenvalue weighted by Crippen LogP contribution is 2.49. The number of hydrogen-bond donors (Lipinski definition) is 0. The SMILES string of the molecule is CC(C)(C)c1ccc(-c2ccccc2)c(N(c2ccc(-c3cccc4c3sc3ccccc34)cc2)c2ccccc2-c2cccc3cccc(-c4ccccc4)c23)c1. The van der Waals surface area contributed by atoms with Gasteiger partial charge in [0.2, 0.25) is 0 Å². The summed E-state index contributed by atoms with van der Waals surface area (Å²) >= 11 is 1.88. The van der Waals surface area contributed by atoms with Crippen molar-refractivity contribution in [1.82, 2.24) is 0 Å². The largest absolute Gasteiger partial charge is 0.309 e. The molecule has 1 aromatic heterocycles. The highest BCUT2D eigenvalue weighted by molar-refractivity contribution is 7.26. The van der Waals surface area contributed by atoms with Gasteiger partial charge in [0.25, 0.3) is 0 Å². The topological polar surface area (TPSA) is 3.24 Å². The zero-order valence-electron chi connectivity index (χ0n) is 33.0. The van der Waals surface area contributed by atoms with E-state index in [0.717, 1.165) is 17.1 Å². The summed E-state index contributed by atoms with van der Waals surface area (Å²) in [6.45, 7) is 6.91. The second-order valence-electron chi connectivity index (χ2n) is 16.1. The van der Waals surface area contributed by atoms with Gasteiger partial charge in [0.05, 0.1) is 11.4 Å². The van der Waals surface area contributed by atoms with E-state index in [9.17, 15) is 0 Å². The fourth-order valence-electron chi connectivity index (χ4n) is 8.54. The average Bonchev–Trinajstić information content (AvgIpc) is 3.66. The number of anilines is 3. The van der Waals surface area contributed by atoms with Crippen molar-refractivity contribution in [3.8, 4) is 44.5 Å². The van der Waals surface area contributed by atoms with Crippen LogP contribution in [0.1, 0.15) is 26.3 Å². The molecule has 0 unspecified atom stereocenters. The maximum Gasteiger partial charge on any atom is 0.0543 e. The monoisotopic (exact) mass is 761 g/mol. The predicted molar refractivity (Wildman–Crippen MR) is 252 cm³/mol. The Morgan fingerprint density at radius 1 is 0.397 bits per heavy atom. The molecule has 0 N–H and O–H groups in total. The first-order valence-corrected chi connectivity index (χ1v) is 20.9. The maximum atomic E-state index is 2.50. The van der Waals surface area contributed by atoms with Gasteiger partial charge in [0.15, 0.2) is 0 Å². The van der Waals surface area contributed by atoms with Crippen LogP contribution in [-0.2, 0) is 5.41 Å². The van der Waals surface area contributed by atoms with Crippen LogP contribution in [0.4, 0.5) is 17.1 Å². The van der Waals surface area contributed by atoms with Crippen molar-refractivity contribution in [3.05, 3.63) is 212 Å². The number of hydrogen-bond acceptors (Lipinski definition) is 2. The summed E-state index contributed by atoms with van der Waals surface area (Å²) in [5, 5.41) is 5.11. The maximum absolute atomic E-state index is 2.50. The van der Waals surface area contributed by atoms with E-state index in [-0.39, 0.29) is 5.41 Å². The molecule has 1 heterocycles. The molecule has 0 aliphatic carbocycles. The predicted octanol–water partition coefficient (Wildman–Crippen LogP) is 16.6. The van der Waals surface area contributed by atoms with E-state index >= 15 is 0 Å². The van der Waals surface area contributed by atoms with Crippen molar-refractivity contribution < 1.29 is 0 Å². The van der Waals surface area contributed by atoms with Gasteiger partial charge in [-0.25, -0.2) is 0 Å². The first-order valence-electron chi connectivity index (χ1n) is 20.1. The highest BCUT2D eigenvalue weighted by Gasteiger charge is 2.25. The van der Waals surface area contributed by atoms with Crippen LogP contribution in [0.2, 0.25) is 0 Å². The number of rotatable bonds is 7. The molecular weight excluding hydrogens is 719 g/mol. The Balaban J connectivity index is 1.22. The average molecular weight is 762 g/mol. The second kappa shape index (κ2) is 14.6. The summed E-state index contributed by atoms with van der Waals surface area (Å²) in [4.78, 5) is 2.50. The highest BCUT2D eigenvalue weighted by atomic mass is 32.1. The molecule has 58 heavy (non-hydrogen) atoms. The summed E-state index contributed by atoms with van der Waals surface area (Å²) in [5.41, 5.74) is 14.3. The molecule has 0 aliphatic heterocycles. The van der Waals surface area contributed by atoms with Crippen molar-refractivity contribution in [2.45, 2.75) is 26.2 Å².